The van der Waals surface area contributed by atoms with Crippen LogP contribution in [0.1, 0.15) is 29.2 Å². The summed E-state index contributed by atoms with van der Waals surface area (Å²) < 4.78 is 18.6. The molecule has 0 saturated carbocycles. The molecule has 3 heteroatoms. The molecule has 1 atom stereocenters. The average Bonchev–Trinajstić information content (AvgIpc) is 2.37. The third kappa shape index (κ3) is 2.54. The van der Waals surface area contributed by atoms with Crippen molar-refractivity contribution in [1.29, 1.82) is 0 Å². The van der Waals surface area contributed by atoms with Crippen LogP contribution in [0.2, 0.25) is 0 Å². The Bertz CT molecular complexity index is 618. The quantitative estimate of drug-likeness (QED) is 0.926. The van der Waals surface area contributed by atoms with E-state index < -0.39 is 5.54 Å². The van der Waals surface area contributed by atoms with E-state index in [4.69, 9.17) is 10.5 Å². The van der Waals surface area contributed by atoms with E-state index in [1.807, 2.05) is 26.8 Å². The Morgan fingerprint density at radius 3 is 2.25 bits per heavy atom. The SMILES string of the molecule is COc1cc(C)cc(C)c1C(C)(N)c1ccc(F)cc1. The van der Waals surface area contributed by atoms with E-state index in [9.17, 15) is 4.39 Å². The molecule has 0 spiro atoms. The molecule has 0 radical (unpaired) electrons. The number of aryl methyl sites for hydroxylation is 2. The molecular weight excluding hydrogens is 253 g/mol. The van der Waals surface area contributed by atoms with Gasteiger partial charge in [0, 0.05) is 5.56 Å². The van der Waals surface area contributed by atoms with E-state index in [1.165, 1.54) is 12.1 Å². The molecule has 2 aromatic rings. The highest BCUT2D eigenvalue weighted by Gasteiger charge is 2.29. The lowest BCUT2D eigenvalue weighted by molar-refractivity contribution is 0.397. The van der Waals surface area contributed by atoms with E-state index in [-0.39, 0.29) is 5.82 Å². The van der Waals surface area contributed by atoms with Crippen LogP contribution in [0.15, 0.2) is 36.4 Å². The van der Waals surface area contributed by atoms with E-state index in [0.29, 0.717) is 0 Å². The summed E-state index contributed by atoms with van der Waals surface area (Å²) in [5.41, 5.74) is 9.76. The van der Waals surface area contributed by atoms with Gasteiger partial charge in [-0.2, -0.15) is 0 Å². The van der Waals surface area contributed by atoms with Crippen molar-refractivity contribution in [2.45, 2.75) is 26.3 Å². The Morgan fingerprint density at radius 1 is 1.10 bits per heavy atom. The number of methoxy groups -OCH3 is 1. The minimum atomic E-state index is -0.739. The smallest absolute Gasteiger partial charge is 0.124 e. The van der Waals surface area contributed by atoms with Gasteiger partial charge in [0.2, 0.25) is 0 Å². The molecule has 20 heavy (non-hydrogen) atoms. The minimum Gasteiger partial charge on any atom is -0.496 e. The maximum absolute atomic E-state index is 13.1. The molecule has 0 bridgehead atoms. The molecular formula is C17H20FNO. The number of benzene rings is 2. The van der Waals surface area contributed by atoms with Gasteiger partial charge in [-0.1, -0.05) is 18.2 Å². The van der Waals surface area contributed by atoms with Crippen molar-refractivity contribution in [2.75, 3.05) is 7.11 Å². The van der Waals surface area contributed by atoms with Crippen LogP contribution in [0.3, 0.4) is 0 Å². The van der Waals surface area contributed by atoms with Gasteiger partial charge >= 0.3 is 0 Å². The Labute approximate surface area is 119 Å². The summed E-state index contributed by atoms with van der Waals surface area (Å²) in [5.74, 6) is 0.494. The highest BCUT2D eigenvalue weighted by atomic mass is 19.1. The first-order valence-electron chi connectivity index (χ1n) is 6.57. The molecule has 2 rings (SSSR count). The maximum Gasteiger partial charge on any atom is 0.124 e. The second kappa shape index (κ2) is 5.25. The van der Waals surface area contributed by atoms with Gasteiger partial charge in [0.05, 0.1) is 12.6 Å². The van der Waals surface area contributed by atoms with Crippen molar-refractivity contribution in [3.05, 3.63) is 64.5 Å². The van der Waals surface area contributed by atoms with Gasteiger partial charge in [-0.25, -0.2) is 4.39 Å². The van der Waals surface area contributed by atoms with Gasteiger partial charge in [0.1, 0.15) is 11.6 Å². The summed E-state index contributed by atoms with van der Waals surface area (Å²) in [7, 11) is 1.64. The third-order valence-corrected chi connectivity index (χ3v) is 3.63. The fourth-order valence-electron chi connectivity index (χ4n) is 2.70. The maximum atomic E-state index is 13.1. The fraction of sp³-hybridized carbons (Fsp3) is 0.294. The molecule has 0 amide bonds. The van der Waals surface area contributed by atoms with Crippen LogP contribution >= 0.6 is 0 Å². The van der Waals surface area contributed by atoms with E-state index in [0.717, 1.165) is 28.0 Å². The lowest BCUT2D eigenvalue weighted by Crippen LogP contribution is -2.35. The Balaban J connectivity index is 2.62. The number of nitrogens with two attached hydrogens (primary N) is 1. The zero-order valence-electron chi connectivity index (χ0n) is 12.3. The molecule has 2 nitrogen and oxygen atoms in total. The highest BCUT2D eigenvalue weighted by molar-refractivity contribution is 5.51. The molecule has 1 unspecified atom stereocenters. The van der Waals surface area contributed by atoms with Crippen molar-refractivity contribution in [2.24, 2.45) is 5.73 Å². The Morgan fingerprint density at radius 2 is 1.70 bits per heavy atom. The number of rotatable bonds is 3. The average molecular weight is 273 g/mol. The van der Waals surface area contributed by atoms with Crippen LogP contribution < -0.4 is 10.5 Å². The standard InChI is InChI=1S/C17H20FNO/c1-11-9-12(2)16(15(10-11)20-4)17(3,19)13-5-7-14(18)8-6-13/h5-10H,19H2,1-4H3. The van der Waals surface area contributed by atoms with E-state index in [2.05, 4.69) is 6.07 Å². The molecule has 0 aliphatic carbocycles. The molecule has 2 aromatic carbocycles. The van der Waals surface area contributed by atoms with Crippen LogP contribution in [0, 0.1) is 19.7 Å². The van der Waals surface area contributed by atoms with Crippen LogP contribution in [-0.2, 0) is 5.54 Å². The number of halogens is 1. The van der Waals surface area contributed by atoms with Crippen LogP contribution in [0.4, 0.5) is 4.39 Å². The third-order valence-electron chi connectivity index (χ3n) is 3.63. The summed E-state index contributed by atoms with van der Waals surface area (Å²) in [6.45, 7) is 5.95. The Kier molecular flexibility index (Phi) is 3.82. The van der Waals surface area contributed by atoms with Gasteiger partial charge < -0.3 is 10.5 Å². The lowest BCUT2D eigenvalue weighted by atomic mass is 9.82. The summed E-state index contributed by atoms with van der Waals surface area (Å²) in [6.07, 6.45) is 0. The van der Waals surface area contributed by atoms with Gasteiger partial charge in [-0.3, -0.25) is 0 Å². The molecule has 0 aliphatic heterocycles. The first kappa shape index (κ1) is 14.5. The number of ether oxygens (including phenoxy) is 1. The first-order chi connectivity index (χ1) is 9.36. The summed E-state index contributed by atoms with van der Waals surface area (Å²) in [4.78, 5) is 0. The van der Waals surface area contributed by atoms with Gasteiger partial charge in [0.25, 0.3) is 0 Å². The molecule has 106 valence electrons. The number of hydrogen-bond acceptors (Lipinski definition) is 2. The van der Waals surface area contributed by atoms with Crippen molar-refractivity contribution in [3.8, 4) is 5.75 Å². The van der Waals surface area contributed by atoms with Gasteiger partial charge in [0.15, 0.2) is 0 Å². The van der Waals surface area contributed by atoms with Crippen molar-refractivity contribution in [3.63, 3.8) is 0 Å². The molecule has 0 fully saturated rings. The second-order valence-electron chi connectivity index (χ2n) is 5.37. The molecule has 0 heterocycles. The van der Waals surface area contributed by atoms with E-state index in [1.54, 1.807) is 19.2 Å². The topological polar surface area (TPSA) is 35.2 Å². The van der Waals surface area contributed by atoms with Crippen molar-refractivity contribution < 1.29 is 9.13 Å². The van der Waals surface area contributed by atoms with E-state index >= 15 is 0 Å². The molecule has 2 N–H and O–H groups in total. The fourth-order valence-corrected chi connectivity index (χ4v) is 2.70. The lowest BCUT2D eigenvalue weighted by Gasteiger charge is -2.30. The Hall–Kier alpha value is -1.87. The van der Waals surface area contributed by atoms with Crippen molar-refractivity contribution in [1.82, 2.24) is 0 Å². The van der Waals surface area contributed by atoms with Crippen LogP contribution in [-0.4, -0.2) is 7.11 Å². The van der Waals surface area contributed by atoms with Crippen LogP contribution in [0.25, 0.3) is 0 Å². The molecule has 0 saturated heterocycles. The zero-order chi connectivity index (χ0) is 14.9. The predicted molar refractivity (Wildman–Crippen MR) is 79.5 cm³/mol. The molecule has 0 aliphatic rings. The largest absolute Gasteiger partial charge is 0.496 e. The monoisotopic (exact) mass is 273 g/mol. The number of hydrogen-bond donors (Lipinski definition) is 1. The highest BCUT2D eigenvalue weighted by Crippen LogP contribution is 2.36. The van der Waals surface area contributed by atoms with Gasteiger partial charge in [-0.15, -0.1) is 0 Å². The summed E-state index contributed by atoms with van der Waals surface area (Å²) >= 11 is 0. The normalized spacial score (nSPS) is 13.9. The van der Waals surface area contributed by atoms with Crippen molar-refractivity contribution >= 4 is 0 Å². The summed E-state index contributed by atoms with van der Waals surface area (Å²) in [6, 6.07) is 10.3. The second-order valence-corrected chi connectivity index (χ2v) is 5.37. The van der Waals surface area contributed by atoms with Crippen LogP contribution in [0.5, 0.6) is 5.75 Å². The predicted octanol–water partition coefficient (Wildman–Crippen LogP) is 3.67. The molecule has 0 aromatic heterocycles. The summed E-state index contributed by atoms with van der Waals surface area (Å²) in [5, 5.41) is 0. The minimum absolute atomic E-state index is 0.267. The first-order valence-corrected chi connectivity index (χ1v) is 6.57. The zero-order valence-corrected chi connectivity index (χ0v) is 12.3. The van der Waals surface area contributed by atoms with Gasteiger partial charge in [-0.05, 0) is 55.7 Å².